The van der Waals surface area contributed by atoms with Crippen molar-refractivity contribution in [2.24, 2.45) is 0 Å². The van der Waals surface area contributed by atoms with Gasteiger partial charge in [-0.15, -0.1) is 0 Å². The Balaban J connectivity index is 1.37. The Labute approximate surface area is 209 Å². The van der Waals surface area contributed by atoms with Crippen molar-refractivity contribution in [2.75, 3.05) is 62.7 Å². The summed E-state index contributed by atoms with van der Waals surface area (Å²) in [7, 11) is 1.55. The first-order valence-corrected chi connectivity index (χ1v) is 11.8. The van der Waals surface area contributed by atoms with Crippen LogP contribution in [0.5, 0.6) is 0 Å². The summed E-state index contributed by atoms with van der Waals surface area (Å²) in [6, 6.07) is 8.25. The van der Waals surface area contributed by atoms with E-state index in [-0.39, 0.29) is 18.4 Å². The summed E-state index contributed by atoms with van der Waals surface area (Å²) in [5.74, 6) is -0.169. The minimum atomic E-state index is -0.717. The summed E-state index contributed by atoms with van der Waals surface area (Å²) in [5.41, 5.74) is 1.36. The smallest absolute Gasteiger partial charge is 0.416 e. The number of rotatable bonds is 7. The molecule has 10 nitrogen and oxygen atoms in total. The van der Waals surface area contributed by atoms with Crippen molar-refractivity contribution in [3.8, 4) is 11.1 Å². The Morgan fingerprint density at radius 3 is 2.53 bits per heavy atom. The van der Waals surface area contributed by atoms with Crippen molar-refractivity contribution in [2.45, 2.75) is 20.1 Å². The average molecular weight is 500 g/mol. The first-order chi connectivity index (χ1) is 17.2. The van der Waals surface area contributed by atoms with Crippen molar-refractivity contribution in [1.29, 1.82) is 0 Å². The van der Waals surface area contributed by atoms with Gasteiger partial charge in [-0.3, -0.25) is 19.4 Å². The quantitative estimate of drug-likeness (QED) is 0.536. The van der Waals surface area contributed by atoms with E-state index in [1.54, 1.807) is 25.4 Å². The molecule has 0 aliphatic carbocycles. The second-order valence-corrected chi connectivity index (χ2v) is 8.82. The van der Waals surface area contributed by atoms with Gasteiger partial charge in [-0.25, -0.2) is 14.2 Å². The number of hydrogen-bond acceptors (Lipinski definition) is 8. The fraction of sp³-hybridized carbons (Fsp3) is 0.440. The number of cyclic esters (lactones) is 1. The number of carbonyl (C=O) groups excluding carboxylic acids is 3. The summed E-state index contributed by atoms with van der Waals surface area (Å²) in [6.45, 7) is 7.27. The molecule has 11 heteroatoms. The predicted molar refractivity (Wildman–Crippen MR) is 131 cm³/mol. The van der Waals surface area contributed by atoms with Gasteiger partial charge in [0.2, 0.25) is 5.91 Å². The lowest BCUT2D eigenvalue weighted by atomic mass is 10.1. The topological polar surface area (TPSA) is 95.5 Å². The van der Waals surface area contributed by atoms with Gasteiger partial charge in [0.25, 0.3) is 0 Å². The van der Waals surface area contributed by atoms with Gasteiger partial charge in [0.05, 0.1) is 12.2 Å². The number of carbonyl (C=O) groups is 3. The molecule has 0 bridgehead atoms. The summed E-state index contributed by atoms with van der Waals surface area (Å²) in [4.78, 5) is 46.3. The summed E-state index contributed by atoms with van der Waals surface area (Å²) >= 11 is 0. The highest BCUT2D eigenvalue weighted by atomic mass is 19.1. The lowest BCUT2D eigenvalue weighted by molar-refractivity contribution is -0.141. The molecule has 0 saturated carbocycles. The maximum Gasteiger partial charge on any atom is 0.416 e. The normalized spacial score (nSPS) is 18.2. The SMILES string of the molecule is CC(=O)OCCN1CCN(c2ccc(-c3ccc(N4C[C@@H](N(C)C(C)=O)OC4=O)cc3F)cn2)CC1. The van der Waals surface area contributed by atoms with Crippen molar-refractivity contribution in [1.82, 2.24) is 14.8 Å². The number of pyridine rings is 1. The second-order valence-electron chi connectivity index (χ2n) is 8.82. The molecule has 36 heavy (non-hydrogen) atoms. The molecular formula is C25H30FN5O5. The first-order valence-electron chi connectivity index (χ1n) is 11.8. The lowest BCUT2D eigenvalue weighted by Crippen LogP contribution is -2.47. The summed E-state index contributed by atoms with van der Waals surface area (Å²) in [5, 5.41) is 0. The number of hydrogen-bond donors (Lipinski definition) is 0. The van der Waals surface area contributed by atoms with E-state index in [4.69, 9.17) is 9.47 Å². The summed E-state index contributed by atoms with van der Waals surface area (Å²) < 4.78 is 25.3. The number of piperazine rings is 1. The molecule has 4 rings (SSSR count). The van der Waals surface area contributed by atoms with E-state index in [1.165, 1.54) is 29.7 Å². The zero-order valence-corrected chi connectivity index (χ0v) is 20.6. The number of likely N-dealkylation sites (N-methyl/N-ethyl adjacent to an activating group) is 1. The third-order valence-corrected chi connectivity index (χ3v) is 6.46. The van der Waals surface area contributed by atoms with E-state index >= 15 is 4.39 Å². The maximum atomic E-state index is 15.0. The molecule has 2 amide bonds. The molecule has 0 N–H and O–H groups in total. The molecule has 2 aliphatic heterocycles. The fourth-order valence-corrected chi connectivity index (χ4v) is 4.22. The minimum Gasteiger partial charge on any atom is -0.465 e. The number of benzene rings is 1. The van der Waals surface area contributed by atoms with Crippen LogP contribution in [0.1, 0.15) is 13.8 Å². The van der Waals surface area contributed by atoms with E-state index in [2.05, 4.69) is 14.8 Å². The Hall–Kier alpha value is -3.73. The zero-order chi connectivity index (χ0) is 25.8. The molecule has 0 radical (unpaired) electrons. The zero-order valence-electron chi connectivity index (χ0n) is 20.6. The van der Waals surface area contributed by atoms with Gasteiger partial charge in [-0.1, -0.05) is 0 Å². The van der Waals surface area contributed by atoms with Crippen LogP contribution in [0.2, 0.25) is 0 Å². The molecule has 0 unspecified atom stereocenters. The second kappa shape index (κ2) is 10.9. The number of nitrogens with zero attached hydrogens (tertiary/aromatic N) is 5. The largest absolute Gasteiger partial charge is 0.465 e. The van der Waals surface area contributed by atoms with Gasteiger partial charge < -0.3 is 19.3 Å². The van der Waals surface area contributed by atoms with Gasteiger partial charge in [-0.05, 0) is 30.3 Å². The van der Waals surface area contributed by atoms with Crippen molar-refractivity contribution in [3.05, 3.63) is 42.3 Å². The Bertz CT molecular complexity index is 1120. The molecule has 192 valence electrons. The maximum absolute atomic E-state index is 15.0. The van der Waals surface area contributed by atoms with Gasteiger partial charge >= 0.3 is 12.1 Å². The number of anilines is 2. The highest BCUT2D eigenvalue weighted by Gasteiger charge is 2.36. The third-order valence-electron chi connectivity index (χ3n) is 6.46. The molecular weight excluding hydrogens is 469 g/mol. The molecule has 2 saturated heterocycles. The van der Waals surface area contributed by atoms with Gasteiger partial charge in [-0.2, -0.15) is 0 Å². The molecule has 2 fully saturated rings. The van der Waals surface area contributed by atoms with E-state index in [0.29, 0.717) is 30.0 Å². The summed E-state index contributed by atoms with van der Waals surface area (Å²) in [6.07, 6.45) is 0.297. The van der Waals surface area contributed by atoms with Crippen molar-refractivity contribution < 1.29 is 28.2 Å². The molecule has 1 aromatic carbocycles. The van der Waals surface area contributed by atoms with Crippen LogP contribution in [0, 0.1) is 5.82 Å². The number of halogens is 1. The van der Waals surface area contributed by atoms with Crippen LogP contribution in [0.25, 0.3) is 11.1 Å². The monoisotopic (exact) mass is 499 g/mol. The van der Waals surface area contributed by atoms with E-state index in [0.717, 1.165) is 32.0 Å². The van der Waals surface area contributed by atoms with Crippen molar-refractivity contribution >= 4 is 29.5 Å². The standard InChI is InChI=1S/C25H30FN5O5/c1-17(32)28(3)24-16-31(25(34)36-24)20-5-6-21(22(26)14-20)19-4-7-23(27-15-19)30-10-8-29(9-11-30)12-13-35-18(2)33/h4-7,14-15,24H,8-13,16H2,1-3H3/t24-/m0/s1. The van der Waals surface area contributed by atoms with Crippen LogP contribution in [-0.2, 0) is 19.1 Å². The van der Waals surface area contributed by atoms with Gasteiger partial charge in [0.1, 0.15) is 18.2 Å². The molecule has 2 aromatic rings. The number of aromatic nitrogens is 1. The first kappa shape index (κ1) is 25.4. The molecule has 2 aliphatic rings. The molecule has 1 atom stereocenters. The van der Waals surface area contributed by atoms with Crippen LogP contribution in [0.4, 0.5) is 20.7 Å². The minimum absolute atomic E-state index is 0.126. The van der Waals surface area contributed by atoms with Gasteiger partial charge in [0.15, 0.2) is 6.23 Å². The predicted octanol–water partition coefficient (Wildman–Crippen LogP) is 2.33. The number of esters is 1. The van der Waals surface area contributed by atoms with Gasteiger partial charge in [0, 0.05) is 70.9 Å². The Morgan fingerprint density at radius 1 is 1.17 bits per heavy atom. The molecule has 0 spiro atoms. The van der Waals surface area contributed by atoms with Crippen LogP contribution >= 0.6 is 0 Å². The lowest BCUT2D eigenvalue weighted by Gasteiger charge is -2.35. The Kier molecular flexibility index (Phi) is 7.68. The average Bonchev–Trinajstić information content (AvgIpc) is 3.25. The van der Waals surface area contributed by atoms with E-state index in [1.807, 2.05) is 12.1 Å². The van der Waals surface area contributed by atoms with Crippen LogP contribution in [0.15, 0.2) is 36.5 Å². The Morgan fingerprint density at radius 2 is 1.92 bits per heavy atom. The van der Waals surface area contributed by atoms with E-state index < -0.39 is 18.1 Å². The van der Waals surface area contributed by atoms with E-state index in [9.17, 15) is 14.4 Å². The van der Waals surface area contributed by atoms with Crippen molar-refractivity contribution in [3.63, 3.8) is 0 Å². The molecule has 3 heterocycles. The van der Waals surface area contributed by atoms with Crippen LogP contribution in [0.3, 0.4) is 0 Å². The molecule has 1 aromatic heterocycles. The number of amides is 2. The number of ether oxygens (including phenoxy) is 2. The fourth-order valence-electron chi connectivity index (χ4n) is 4.22. The van der Waals surface area contributed by atoms with Crippen LogP contribution in [-0.4, -0.2) is 91.9 Å². The highest BCUT2D eigenvalue weighted by Crippen LogP contribution is 2.30. The third kappa shape index (κ3) is 5.73. The highest BCUT2D eigenvalue weighted by molar-refractivity contribution is 5.90. The van der Waals surface area contributed by atoms with Crippen LogP contribution < -0.4 is 9.80 Å².